The SMILES string of the molecule is CC1CCN(C(=O)c2cc(N3CCCC3=O)cc(C(F)(F)F)c2)C(CN)C1. The minimum Gasteiger partial charge on any atom is -0.334 e. The standard InChI is InChI=1S/C19H24F3N3O2/c1-12-4-6-25(16(7-12)11-23)18(27)13-8-14(19(20,21)22)10-15(9-13)24-5-2-3-17(24)26/h8-10,12,16H,2-7,11,23H2,1H3. The van der Waals surface area contributed by atoms with Crippen LogP contribution in [0.25, 0.3) is 0 Å². The number of halogens is 3. The minimum absolute atomic E-state index is 0.0486. The lowest BCUT2D eigenvalue weighted by Crippen LogP contribution is -2.49. The Bertz CT molecular complexity index is 735. The van der Waals surface area contributed by atoms with E-state index in [2.05, 4.69) is 6.92 Å². The lowest BCUT2D eigenvalue weighted by atomic mass is 9.91. The van der Waals surface area contributed by atoms with Crippen LogP contribution in [0.3, 0.4) is 0 Å². The molecule has 27 heavy (non-hydrogen) atoms. The van der Waals surface area contributed by atoms with Crippen molar-refractivity contribution in [3.8, 4) is 0 Å². The third-order valence-electron chi connectivity index (χ3n) is 5.39. The zero-order valence-corrected chi connectivity index (χ0v) is 15.3. The van der Waals surface area contributed by atoms with E-state index in [1.54, 1.807) is 4.90 Å². The highest BCUT2D eigenvalue weighted by Gasteiger charge is 2.35. The second-order valence-corrected chi connectivity index (χ2v) is 7.43. The van der Waals surface area contributed by atoms with E-state index in [0.29, 0.717) is 31.8 Å². The summed E-state index contributed by atoms with van der Waals surface area (Å²) in [4.78, 5) is 27.9. The molecular formula is C19H24F3N3O2. The van der Waals surface area contributed by atoms with Crippen molar-refractivity contribution >= 4 is 17.5 Å². The molecule has 2 saturated heterocycles. The van der Waals surface area contributed by atoms with Gasteiger partial charge in [-0.3, -0.25) is 9.59 Å². The lowest BCUT2D eigenvalue weighted by molar-refractivity contribution is -0.137. The first kappa shape index (κ1) is 19.7. The fourth-order valence-corrected chi connectivity index (χ4v) is 3.88. The number of carbonyl (C=O) groups excluding carboxylic acids is 2. The summed E-state index contributed by atoms with van der Waals surface area (Å²) in [6.07, 6.45) is -2.18. The quantitative estimate of drug-likeness (QED) is 0.873. The summed E-state index contributed by atoms with van der Waals surface area (Å²) >= 11 is 0. The number of likely N-dealkylation sites (tertiary alicyclic amines) is 1. The zero-order chi connectivity index (χ0) is 19.8. The molecule has 2 fully saturated rings. The van der Waals surface area contributed by atoms with Gasteiger partial charge in [-0.1, -0.05) is 6.92 Å². The van der Waals surface area contributed by atoms with Gasteiger partial charge >= 0.3 is 6.18 Å². The zero-order valence-electron chi connectivity index (χ0n) is 15.3. The van der Waals surface area contributed by atoms with E-state index in [1.165, 1.54) is 11.0 Å². The van der Waals surface area contributed by atoms with Crippen molar-refractivity contribution < 1.29 is 22.8 Å². The van der Waals surface area contributed by atoms with Gasteiger partial charge in [-0.05, 0) is 43.4 Å². The number of hydrogen-bond donors (Lipinski definition) is 1. The van der Waals surface area contributed by atoms with E-state index >= 15 is 0 Å². The second kappa shape index (κ2) is 7.50. The molecule has 0 bridgehead atoms. The first-order valence-electron chi connectivity index (χ1n) is 9.24. The molecule has 2 aliphatic heterocycles. The molecule has 2 N–H and O–H groups in total. The largest absolute Gasteiger partial charge is 0.416 e. The number of nitrogens with zero attached hydrogens (tertiary/aromatic N) is 2. The first-order valence-corrected chi connectivity index (χ1v) is 9.24. The highest BCUT2D eigenvalue weighted by Crippen LogP contribution is 2.35. The van der Waals surface area contributed by atoms with Crippen molar-refractivity contribution in [2.45, 2.75) is 44.8 Å². The van der Waals surface area contributed by atoms with E-state index in [9.17, 15) is 22.8 Å². The van der Waals surface area contributed by atoms with Crippen molar-refractivity contribution in [1.82, 2.24) is 4.90 Å². The maximum Gasteiger partial charge on any atom is 0.416 e. The predicted octanol–water partition coefficient (Wildman–Crippen LogP) is 3.03. The molecule has 0 aromatic heterocycles. The van der Waals surface area contributed by atoms with E-state index in [1.807, 2.05) is 0 Å². The average Bonchev–Trinajstić information content (AvgIpc) is 3.06. The first-order chi connectivity index (χ1) is 12.7. The van der Waals surface area contributed by atoms with Crippen LogP contribution in [0.15, 0.2) is 18.2 Å². The molecule has 2 atom stereocenters. The fraction of sp³-hybridized carbons (Fsp3) is 0.579. The van der Waals surface area contributed by atoms with Crippen LogP contribution in [0, 0.1) is 5.92 Å². The molecule has 0 saturated carbocycles. The van der Waals surface area contributed by atoms with E-state index in [4.69, 9.17) is 5.73 Å². The van der Waals surface area contributed by atoms with Gasteiger partial charge in [0.15, 0.2) is 0 Å². The predicted molar refractivity (Wildman–Crippen MR) is 95.3 cm³/mol. The van der Waals surface area contributed by atoms with Gasteiger partial charge in [0.25, 0.3) is 5.91 Å². The fourth-order valence-electron chi connectivity index (χ4n) is 3.88. The lowest BCUT2D eigenvalue weighted by Gasteiger charge is -2.38. The van der Waals surface area contributed by atoms with Gasteiger partial charge in [0.05, 0.1) is 5.56 Å². The molecule has 5 nitrogen and oxygen atoms in total. The van der Waals surface area contributed by atoms with Gasteiger partial charge in [0, 0.05) is 43.3 Å². The van der Waals surface area contributed by atoms with Crippen molar-refractivity contribution in [2.75, 3.05) is 24.5 Å². The average molecular weight is 383 g/mol. The molecule has 1 aromatic rings. The van der Waals surface area contributed by atoms with Crippen LogP contribution in [0.5, 0.6) is 0 Å². The number of hydrogen-bond acceptors (Lipinski definition) is 3. The Kier molecular flexibility index (Phi) is 5.46. The van der Waals surface area contributed by atoms with Crippen LogP contribution in [0.2, 0.25) is 0 Å². The summed E-state index contributed by atoms with van der Waals surface area (Å²) in [5.41, 5.74) is 4.95. The van der Waals surface area contributed by atoms with Crippen LogP contribution >= 0.6 is 0 Å². The van der Waals surface area contributed by atoms with Gasteiger partial charge < -0.3 is 15.5 Å². The topological polar surface area (TPSA) is 66.6 Å². The molecule has 1 aromatic carbocycles. The van der Waals surface area contributed by atoms with Gasteiger partial charge in [-0.2, -0.15) is 13.2 Å². The number of anilines is 1. The summed E-state index contributed by atoms with van der Waals surface area (Å²) in [6.45, 7) is 3.18. The molecule has 148 valence electrons. The molecule has 0 spiro atoms. The van der Waals surface area contributed by atoms with Crippen LogP contribution in [-0.2, 0) is 11.0 Å². The summed E-state index contributed by atoms with van der Waals surface area (Å²) < 4.78 is 40.2. The Morgan fingerprint density at radius 1 is 1.26 bits per heavy atom. The highest BCUT2D eigenvalue weighted by molar-refractivity contribution is 5.99. The van der Waals surface area contributed by atoms with Crippen molar-refractivity contribution in [2.24, 2.45) is 11.7 Å². The minimum atomic E-state index is -4.60. The smallest absolute Gasteiger partial charge is 0.334 e. The number of alkyl halides is 3. The molecule has 2 heterocycles. The summed E-state index contributed by atoms with van der Waals surface area (Å²) in [5, 5.41) is 0. The molecule has 2 unspecified atom stereocenters. The normalized spacial score (nSPS) is 23.8. The number of nitrogens with two attached hydrogens (primary N) is 1. The highest BCUT2D eigenvalue weighted by atomic mass is 19.4. The summed E-state index contributed by atoms with van der Waals surface area (Å²) in [7, 11) is 0. The molecule has 0 aliphatic carbocycles. The Hall–Kier alpha value is -2.09. The molecule has 2 amide bonds. The van der Waals surface area contributed by atoms with Crippen molar-refractivity contribution in [3.63, 3.8) is 0 Å². The maximum atomic E-state index is 13.4. The van der Waals surface area contributed by atoms with Crippen molar-refractivity contribution in [1.29, 1.82) is 0 Å². The van der Waals surface area contributed by atoms with Crippen LogP contribution in [0.1, 0.15) is 48.5 Å². The summed E-state index contributed by atoms with van der Waals surface area (Å²) in [6, 6.07) is 3.02. The number of benzene rings is 1. The number of carbonyl (C=O) groups is 2. The Morgan fingerprint density at radius 3 is 2.59 bits per heavy atom. The van der Waals surface area contributed by atoms with Crippen molar-refractivity contribution in [3.05, 3.63) is 29.3 Å². The molecule has 3 rings (SSSR count). The molecule has 0 radical (unpaired) electrons. The van der Waals surface area contributed by atoms with Gasteiger partial charge in [0.2, 0.25) is 5.91 Å². The molecule has 2 aliphatic rings. The number of rotatable bonds is 3. The Labute approximate surface area is 156 Å². The van der Waals surface area contributed by atoms with E-state index in [0.717, 1.165) is 25.0 Å². The van der Waals surface area contributed by atoms with Gasteiger partial charge in [-0.25, -0.2) is 0 Å². The monoisotopic (exact) mass is 383 g/mol. The Morgan fingerprint density at radius 2 is 2.00 bits per heavy atom. The Balaban J connectivity index is 1.98. The van der Waals surface area contributed by atoms with Gasteiger partial charge in [-0.15, -0.1) is 0 Å². The maximum absolute atomic E-state index is 13.4. The summed E-state index contributed by atoms with van der Waals surface area (Å²) in [5.74, 6) is -0.266. The number of piperidine rings is 1. The molecule has 8 heteroatoms. The third-order valence-corrected chi connectivity index (χ3v) is 5.39. The van der Waals surface area contributed by atoms with Gasteiger partial charge in [0.1, 0.15) is 0 Å². The number of amides is 2. The van der Waals surface area contributed by atoms with E-state index < -0.39 is 17.6 Å². The van der Waals surface area contributed by atoms with E-state index in [-0.39, 0.29) is 29.7 Å². The molecular weight excluding hydrogens is 359 g/mol. The second-order valence-electron chi connectivity index (χ2n) is 7.43. The van der Waals surface area contributed by atoms with Crippen LogP contribution in [0.4, 0.5) is 18.9 Å². The van der Waals surface area contributed by atoms with Crippen LogP contribution < -0.4 is 10.6 Å². The van der Waals surface area contributed by atoms with Crippen LogP contribution in [-0.4, -0.2) is 42.4 Å². The third kappa shape index (κ3) is 4.10.